The quantitative estimate of drug-likeness (QED) is 0.134. The number of carbonyl (C=O) groups excluding carboxylic acids is 3. The molecule has 0 heterocycles. The second kappa shape index (κ2) is 21.7. The van der Waals surface area contributed by atoms with Gasteiger partial charge in [-0.15, -0.1) is 0 Å². The molecule has 1 unspecified atom stereocenters. The molecule has 11 heteroatoms. The van der Waals surface area contributed by atoms with E-state index in [1.165, 1.54) is 0 Å². The minimum atomic E-state index is -0.703. The lowest BCUT2D eigenvalue weighted by atomic mass is 9.92. The van der Waals surface area contributed by atoms with Crippen LogP contribution >= 0.6 is 0 Å². The monoisotopic (exact) mass is 544 g/mol. The first-order valence-corrected chi connectivity index (χ1v) is 13.6. The van der Waals surface area contributed by atoms with Crippen molar-refractivity contribution in [2.45, 2.75) is 72.4 Å². The lowest BCUT2D eigenvalue weighted by Crippen LogP contribution is -2.42. The molecule has 0 rings (SSSR count). The van der Waals surface area contributed by atoms with Crippen LogP contribution in [0.1, 0.15) is 60.3 Å². The summed E-state index contributed by atoms with van der Waals surface area (Å²) in [5.41, 5.74) is 0.184. The summed E-state index contributed by atoms with van der Waals surface area (Å²) >= 11 is 0. The van der Waals surface area contributed by atoms with Gasteiger partial charge in [-0.3, -0.25) is 14.4 Å². The molecule has 4 N–H and O–H groups in total. The van der Waals surface area contributed by atoms with Gasteiger partial charge in [0, 0.05) is 57.1 Å². The molecule has 3 amide bonds. The van der Waals surface area contributed by atoms with E-state index in [-0.39, 0.29) is 95.3 Å². The molecule has 11 nitrogen and oxygen atoms in total. The zero-order valence-electron chi connectivity index (χ0n) is 24.4. The molecule has 222 valence electrons. The van der Waals surface area contributed by atoms with Crippen LogP contribution in [0.3, 0.4) is 0 Å². The van der Waals surface area contributed by atoms with E-state index >= 15 is 0 Å². The summed E-state index contributed by atoms with van der Waals surface area (Å²) in [6.45, 7) is 16.4. The maximum Gasteiger partial charge on any atom is 0.222 e. The SMILES string of the molecule is C=C(CCOCC(COCCC(=O)NC)(COCCC(=O)NCC)COCCC(=O)NC(C)C)NC(C)C. The van der Waals surface area contributed by atoms with Gasteiger partial charge in [0.15, 0.2) is 0 Å². The number of amides is 3. The molecule has 0 aliphatic heterocycles. The van der Waals surface area contributed by atoms with Crippen molar-refractivity contribution in [1.82, 2.24) is 21.3 Å². The summed E-state index contributed by atoms with van der Waals surface area (Å²) in [5, 5.41) is 11.4. The third-order valence-electron chi connectivity index (χ3n) is 5.20. The average Bonchev–Trinajstić information content (AvgIpc) is 2.84. The first-order chi connectivity index (χ1) is 18.0. The molecule has 0 saturated carbocycles. The summed E-state index contributed by atoms with van der Waals surface area (Å²) in [6.07, 6.45) is 1.33. The lowest BCUT2D eigenvalue weighted by Gasteiger charge is -2.33. The highest BCUT2D eigenvalue weighted by atomic mass is 16.5. The van der Waals surface area contributed by atoms with E-state index in [0.29, 0.717) is 19.6 Å². The van der Waals surface area contributed by atoms with Crippen LogP contribution in [0.4, 0.5) is 0 Å². The molecule has 0 bridgehead atoms. The second-order valence-corrected chi connectivity index (χ2v) is 9.96. The molecule has 0 aliphatic carbocycles. The van der Waals surface area contributed by atoms with E-state index in [1.54, 1.807) is 7.05 Å². The fourth-order valence-electron chi connectivity index (χ4n) is 3.38. The van der Waals surface area contributed by atoms with E-state index in [9.17, 15) is 14.4 Å². The molecule has 1 atom stereocenters. The van der Waals surface area contributed by atoms with Gasteiger partial charge in [-0.25, -0.2) is 0 Å². The zero-order valence-corrected chi connectivity index (χ0v) is 24.4. The standard InChI is InChI=1S/C27H52N4O7/c1-8-29-25(33)11-15-37-19-27(18-36-14-10-24(32)28-7,17-35-13-9-23(6)30-21(2)3)20-38-16-12-26(34)31-22(4)5/h21-22,30H,6,8-20H2,1-5,7H3,(H,28,32)(H,29,33)(H,31,34). The summed E-state index contributed by atoms with van der Waals surface area (Å²) < 4.78 is 23.7. The molecule has 38 heavy (non-hydrogen) atoms. The molecule has 0 saturated heterocycles. The van der Waals surface area contributed by atoms with Crippen LogP contribution in [0.2, 0.25) is 0 Å². The normalized spacial score (nSPS) is 12.7. The number of carbonyl (C=O) groups is 3. The van der Waals surface area contributed by atoms with Crippen molar-refractivity contribution >= 4 is 17.7 Å². The zero-order chi connectivity index (χ0) is 28.8. The predicted octanol–water partition coefficient (Wildman–Crippen LogP) is 1.52. The van der Waals surface area contributed by atoms with Gasteiger partial charge in [-0.1, -0.05) is 6.58 Å². The molecular weight excluding hydrogens is 492 g/mol. The molecule has 0 aliphatic rings. The number of hydrogen-bond donors (Lipinski definition) is 4. The van der Waals surface area contributed by atoms with Crippen molar-refractivity contribution < 1.29 is 33.3 Å². The topological polar surface area (TPSA) is 136 Å². The van der Waals surface area contributed by atoms with Crippen LogP contribution in [0.15, 0.2) is 12.3 Å². The Balaban J connectivity index is 5.23. The van der Waals surface area contributed by atoms with Crippen LogP contribution in [-0.4, -0.2) is 96.3 Å². The molecule has 0 radical (unpaired) electrons. The molecule has 0 aromatic heterocycles. The maximum atomic E-state index is 12.0. The fourth-order valence-corrected chi connectivity index (χ4v) is 3.38. The largest absolute Gasteiger partial charge is 0.387 e. The van der Waals surface area contributed by atoms with Gasteiger partial charge >= 0.3 is 0 Å². The van der Waals surface area contributed by atoms with Gasteiger partial charge < -0.3 is 40.2 Å². The van der Waals surface area contributed by atoms with Crippen molar-refractivity contribution in [2.24, 2.45) is 5.41 Å². The molecule has 0 aromatic rings. The van der Waals surface area contributed by atoms with Crippen molar-refractivity contribution in [3.8, 4) is 0 Å². The Morgan fingerprint density at radius 2 is 1.11 bits per heavy atom. The number of nitrogens with one attached hydrogen (secondary N) is 4. The van der Waals surface area contributed by atoms with Gasteiger partial charge in [0.1, 0.15) is 0 Å². The van der Waals surface area contributed by atoms with Crippen LogP contribution < -0.4 is 21.3 Å². The average molecular weight is 545 g/mol. The smallest absolute Gasteiger partial charge is 0.222 e. The summed E-state index contributed by atoms with van der Waals surface area (Å²) in [4.78, 5) is 35.4. The van der Waals surface area contributed by atoms with Gasteiger partial charge in [0.25, 0.3) is 0 Å². The van der Waals surface area contributed by atoms with Crippen LogP contribution in [0.25, 0.3) is 0 Å². The molecule has 0 spiro atoms. The van der Waals surface area contributed by atoms with Crippen LogP contribution in [0, 0.1) is 5.41 Å². The Hall–Kier alpha value is -2.21. The summed E-state index contributed by atoms with van der Waals surface area (Å²) in [7, 11) is 1.58. The van der Waals surface area contributed by atoms with Crippen molar-refractivity contribution in [1.29, 1.82) is 0 Å². The third kappa shape index (κ3) is 19.8. The molecular formula is C27H52N4O7. The first-order valence-electron chi connectivity index (χ1n) is 13.6. The van der Waals surface area contributed by atoms with E-state index < -0.39 is 5.41 Å². The van der Waals surface area contributed by atoms with Crippen LogP contribution in [-0.2, 0) is 33.3 Å². The third-order valence-corrected chi connectivity index (χ3v) is 5.20. The highest BCUT2D eigenvalue weighted by Crippen LogP contribution is 2.22. The summed E-state index contributed by atoms with van der Waals surface area (Å²) in [6, 6.07) is 0.344. The van der Waals surface area contributed by atoms with Crippen molar-refractivity contribution in [2.75, 3.05) is 66.4 Å². The highest BCUT2D eigenvalue weighted by Gasteiger charge is 2.33. The second-order valence-electron chi connectivity index (χ2n) is 9.96. The van der Waals surface area contributed by atoms with E-state index in [4.69, 9.17) is 18.9 Å². The van der Waals surface area contributed by atoms with Crippen molar-refractivity contribution in [3.63, 3.8) is 0 Å². The van der Waals surface area contributed by atoms with E-state index in [2.05, 4.69) is 27.8 Å². The van der Waals surface area contributed by atoms with E-state index in [0.717, 1.165) is 5.70 Å². The Morgan fingerprint density at radius 1 is 0.684 bits per heavy atom. The van der Waals surface area contributed by atoms with Gasteiger partial charge in [0.2, 0.25) is 17.7 Å². The number of rotatable bonds is 24. The van der Waals surface area contributed by atoms with Gasteiger partial charge in [-0.05, 0) is 34.6 Å². The lowest BCUT2D eigenvalue weighted by molar-refractivity contribution is -0.127. The van der Waals surface area contributed by atoms with Crippen LogP contribution in [0.5, 0.6) is 0 Å². The Kier molecular flexibility index (Phi) is 20.4. The Bertz CT molecular complexity index is 656. The van der Waals surface area contributed by atoms with Gasteiger partial charge in [-0.2, -0.15) is 0 Å². The Morgan fingerprint density at radius 3 is 1.53 bits per heavy atom. The Labute approximate surface area is 229 Å². The summed E-state index contributed by atoms with van der Waals surface area (Å²) in [5.74, 6) is -0.286. The minimum absolute atomic E-state index is 0.0574. The maximum absolute atomic E-state index is 12.0. The first kappa shape index (κ1) is 35.8. The van der Waals surface area contributed by atoms with Gasteiger partial charge in [0.05, 0.1) is 58.3 Å². The van der Waals surface area contributed by atoms with Crippen molar-refractivity contribution in [3.05, 3.63) is 12.3 Å². The number of ether oxygens (including phenoxy) is 4. The minimum Gasteiger partial charge on any atom is -0.387 e. The highest BCUT2D eigenvalue weighted by molar-refractivity contribution is 5.76. The number of hydrogen-bond acceptors (Lipinski definition) is 8. The molecule has 0 aromatic carbocycles. The molecule has 0 fully saturated rings. The van der Waals surface area contributed by atoms with E-state index in [1.807, 2.05) is 34.6 Å². The fraction of sp³-hybridized carbons (Fsp3) is 0.815. The predicted molar refractivity (Wildman–Crippen MR) is 148 cm³/mol.